The minimum absolute atomic E-state index is 0.110. The van der Waals surface area contributed by atoms with E-state index < -0.39 is 27.3 Å². The summed E-state index contributed by atoms with van der Waals surface area (Å²) in [6.45, 7) is 0. The summed E-state index contributed by atoms with van der Waals surface area (Å²) in [6, 6.07) is 2.13. The monoisotopic (exact) mass is 293 g/mol. The molecule has 1 aromatic rings. The molecule has 7 heteroatoms. The smallest absolute Gasteiger partial charge is 0.239 e. The summed E-state index contributed by atoms with van der Waals surface area (Å²) in [5.74, 6) is -1.92. The normalized spacial score (nSPS) is 18.1. The highest BCUT2D eigenvalue weighted by Gasteiger charge is 2.29. The van der Waals surface area contributed by atoms with Gasteiger partial charge in [0.1, 0.15) is 11.6 Å². The van der Waals surface area contributed by atoms with Crippen molar-refractivity contribution in [2.75, 3.05) is 11.1 Å². The number of benzene rings is 1. The van der Waals surface area contributed by atoms with Crippen molar-refractivity contribution in [3.05, 3.63) is 22.4 Å². The van der Waals surface area contributed by atoms with Crippen LogP contribution in [0.25, 0.3) is 0 Å². The van der Waals surface area contributed by atoms with Crippen LogP contribution >= 0.6 is 15.9 Å². The Balaban J connectivity index is 2.74. The number of amides is 1. The number of nitrogens with one attached hydrogen (secondary N) is 1. The highest BCUT2D eigenvalue weighted by Crippen LogP contribution is 2.31. The van der Waals surface area contributed by atoms with Crippen LogP contribution in [0.15, 0.2) is 21.5 Å². The molecule has 80 valence electrons. The average molecular weight is 294 g/mol. The van der Waals surface area contributed by atoms with Crippen LogP contribution in [-0.2, 0) is 14.6 Å². The van der Waals surface area contributed by atoms with E-state index in [0.717, 1.165) is 6.07 Å². The molecular weight excluding hydrogens is 289 g/mol. The number of fused-ring (bicyclic) bond motifs is 1. The van der Waals surface area contributed by atoms with Gasteiger partial charge in [0.2, 0.25) is 5.91 Å². The summed E-state index contributed by atoms with van der Waals surface area (Å²) < 4.78 is 36.2. The predicted octanol–water partition coefficient (Wildman–Crippen LogP) is 1.31. The largest absolute Gasteiger partial charge is 0.324 e. The number of anilines is 1. The lowest BCUT2D eigenvalue weighted by Crippen LogP contribution is -2.29. The number of sulfone groups is 1. The van der Waals surface area contributed by atoms with Gasteiger partial charge in [-0.05, 0) is 28.1 Å². The van der Waals surface area contributed by atoms with Gasteiger partial charge in [0.25, 0.3) is 0 Å². The molecule has 0 saturated heterocycles. The van der Waals surface area contributed by atoms with Crippen molar-refractivity contribution in [3.63, 3.8) is 0 Å². The van der Waals surface area contributed by atoms with E-state index in [-0.39, 0.29) is 15.1 Å². The summed E-state index contributed by atoms with van der Waals surface area (Å²) in [5.41, 5.74) is 0.111. The van der Waals surface area contributed by atoms with Gasteiger partial charge in [-0.2, -0.15) is 0 Å². The van der Waals surface area contributed by atoms with E-state index in [1.54, 1.807) is 0 Å². The van der Waals surface area contributed by atoms with Gasteiger partial charge in [-0.3, -0.25) is 4.79 Å². The Kier molecular flexibility index (Phi) is 2.31. The maximum absolute atomic E-state index is 13.1. The van der Waals surface area contributed by atoms with Crippen LogP contribution in [0.3, 0.4) is 0 Å². The van der Waals surface area contributed by atoms with Gasteiger partial charge in [0.15, 0.2) is 9.84 Å². The lowest BCUT2D eigenvalue weighted by atomic mass is 10.3. The zero-order valence-corrected chi connectivity index (χ0v) is 9.65. The first kappa shape index (κ1) is 10.6. The Bertz CT molecular complexity index is 555. The van der Waals surface area contributed by atoms with Gasteiger partial charge in [0, 0.05) is 0 Å². The third-order valence-electron chi connectivity index (χ3n) is 1.95. The highest BCUT2D eigenvalue weighted by molar-refractivity contribution is 9.10. The Morgan fingerprint density at radius 3 is 2.73 bits per heavy atom. The van der Waals surface area contributed by atoms with E-state index in [1.165, 1.54) is 6.07 Å². The number of hydrogen-bond acceptors (Lipinski definition) is 3. The summed E-state index contributed by atoms with van der Waals surface area (Å²) in [4.78, 5) is 10.9. The number of carbonyl (C=O) groups excluding carboxylic acids is 1. The third kappa shape index (κ3) is 1.76. The topological polar surface area (TPSA) is 63.2 Å². The third-order valence-corrected chi connectivity index (χ3v) is 4.21. The van der Waals surface area contributed by atoms with Crippen LogP contribution in [0.2, 0.25) is 0 Å². The Labute approximate surface area is 93.5 Å². The molecule has 0 unspecified atom stereocenters. The van der Waals surface area contributed by atoms with Gasteiger partial charge >= 0.3 is 0 Å². The molecule has 0 spiro atoms. The molecule has 4 nitrogen and oxygen atoms in total. The highest BCUT2D eigenvalue weighted by atomic mass is 79.9. The molecule has 0 atom stereocenters. The second-order valence-corrected chi connectivity index (χ2v) is 5.88. The average Bonchev–Trinajstić information content (AvgIpc) is 2.07. The van der Waals surface area contributed by atoms with Crippen molar-refractivity contribution in [1.29, 1.82) is 0 Å². The maximum Gasteiger partial charge on any atom is 0.239 e. The molecule has 1 heterocycles. The standard InChI is InChI=1S/C8H5BrFNO3S/c9-4-1-6-7(2-5(4)10)15(13,14)3-8(12)11-6/h1-2H,3H2,(H,11,12). The first-order chi connectivity index (χ1) is 6.90. The lowest BCUT2D eigenvalue weighted by molar-refractivity contribution is -0.114. The van der Waals surface area contributed by atoms with Crippen molar-refractivity contribution in [2.45, 2.75) is 4.90 Å². The van der Waals surface area contributed by atoms with Gasteiger partial charge in [0.05, 0.1) is 15.1 Å². The summed E-state index contributed by atoms with van der Waals surface area (Å²) in [6.07, 6.45) is 0. The number of hydrogen-bond donors (Lipinski definition) is 1. The van der Waals surface area contributed by atoms with Crippen molar-refractivity contribution in [1.82, 2.24) is 0 Å². The Hall–Kier alpha value is -0.950. The van der Waals surface area contributed by atoms with Crippen LogP contribution in [0.1, 0.15) is 0 Å². The first-order valence-electron chi connectivity index (χ1n) is 3.92. The van der Waals surface area contributed by atoms with Crippen LogP contribution in [0, 0.1) is 5.82 Å². The molecule has 1 N–H and O–H groups in total. The molecule has 0 saturated carbocycles. The van der Waals surface area contributed by atoms with Gasteiger partial charge < -0.3 is 5.32 Å². The minimum atomic E-state index is -3.70. The molecule has 0 radical (unpaired) electrons. The van der Waals surface area contributed by atoms with Crippen LogP contribution < -0.4 is 5.32 Å². The Morgan fingerprint density at radius 1 is 1.40 bits per heavy atom. The van der Waals surface area contributed by atoms with E-state index in [9.17, 15) is 17.6 Å². The molecule has 2 rings (SSSR count). The molecule has 0 bridgehead atoms. The lowest BCUT2D eigenvalue weighted by Gasteiger charge is -2.17. The number of rotatable bonds is 0. The molecule has 0 fully saturated rings. The zero-order chi connectivity index (χ0) is 11.2. The summed E-state index contributed by atoms with van der Waals surface area (Å²) in [5, 5.41) is 2.37. The molecule has 1 amide bonds. The zero-order valence-electron chi connectivity index (χ0n) is 7.25. The second-order valence-electron chi connectivity index (χ2n) is 3.07. The van der Waals surface area contributed by atoms with Gasteiger partial charge in [-0.15, -0.1) is 0 Å². The van der Waals surface area contributed by atoms with E-state index >= 15 is 0 Å². The summed E-state index contributed by atoms with van der Waals surface area (Å²) in [7, 11) is -3.70. The molecule has 1 aromatic carbocycles. The van der Waals surface area contributed by atoms with Crippen molar-refractivity contribution >= 4 is 37.4 Å². The Morgan fingerprint density at radius 2 is 2.07 bits per heavy atom. The fourth-order valence-electron chi connectivity index (χ4n) is 1.32. The first-order valence-corrected chi connectivity index (χ1v) is 6.36. The molecule has 0 aromatic heterocycles. The number of carbonyl (C=O) groups is 1. The fourth-order valence-corrected chi connectivity index (χ4v) is 2.96. The van der Waals surface area contributed by atoms with E-state index in [1.807, 2.05) is 0 Å². The van der Waals surface area contributed by atoms with Crippen LogP contribution in [0.5, 0.6) is 0 Å². The van der Waals surface area contributed by atoms with Crippen LogP contribution in [0.4, 0.5) is 10.1 Å². The SMILES string of the molecule is O=C1CS(=O)(=O)c2cc(F)c(Br)cc2N1. The van der Waals surface area contributed by atoms with E-state index in [0.29, 0.717) is 0 Å². The maximum atomic E-state index is 13.1. The molecule has 15 heavy (non-hydrogen) atoms. The molecule has 1 aliphatic rings. The quantitative estimate of drug-likeness (QED) is 0.785. The molecule has 0 aliphatic carbocycles. The second kappa shape index (κ2) is 3.28. The van der Waals surface area contributed by atoms with Crippen molar-refractivity contribution < 1.29 is 17.6 Å². The number of halogens is 2. The van der Waals surface area contributed by atoms with Gasteiger partial charge in [-0.1, -0.05) is 0 Å². The van der Waals surface area contributed by atoms with Crippen molar-refractivity contribution in [3.8, 4) is 0 Å². The fraction of sp³-hybridized carbons (Fsp3) is 0.125. The predicted molar refractivity (Wildman–Crippen MR) is 54.8 cm³/mol. The van der Waals surface area contributed by atoms with Gasteiger partial charge in [-0.25, -0.2) is 12.8 Å². The van der Waals surface area contributed by atoms with Crippen LogP contribution in [-0.4, -0.2) is 20.1 Å². The molecule has 1 aliphatic heterocycles. The van der Waals surface area contributed by atoms with Crippen molar-refractivity contribution in [2.24, 2.45) is 0 Å². The van der Waals surface area contributed by atoms with E-state index in [2.05, 4.69) is 21.2 Å². The minimum Gasteiger partial charge on any atom is -0.324 e. The molecular formula is C8H5BrFNO3S. The summed E-state index contributed by atoms with van der Waals surface area (Å²) >= 11 is 2.91. The van der Waals surface area contributed by atoms with E-state index in [4.69, 9.17) is 0 Å².